The Morgan fingerprint density at radius 1 is 1.44 bits per heavy atom. The Balaban J connectivity index is 1.67. The summed E-state index contributed by atoms with van der Waals surface area (Å²) in [5.41, 5.74) is 0. The number of carbonyl (C=O) groups is 1. The largest absolute Gasteiger partial charge is 0.350 e. The summed E-state index contributed by atoms with van der Waals surface area (Å²) in [6.07, 6.45) is 6.73. The molecule has 0 bridgehead atoms. The summed E-state index contributed by atoms with van der Waals surface area (Å²) in [5, 5.41) is 4.92. The molecule has 18 heavy (non-hydrogen) atoms. The van der Waals surface area contributed by atoms with Crippen LogP contribution in [0, 0.1) is 0 Å². The fourth-order valence-corrected chi connectivity index (χ4v) is 3.19. The molecule has 0 unspecified atom stereocenters. The standard InChI is InChI=1S/C14H22N2OS/c1-16(12-6-3-2-4-7-12)10-9-15-14(17)13-8-5-11-18-13/h5,8,11-12H,2-4,6-7,9-10H2,1H3,(H,15,17). The van der Waals surface area contributed by atoms with Gasteiger partial charge in [-0.25, -0.2) is 0 Å². The minimum atomic E-state index is 0.0574. The van der Waals surface area contributed by atoms with Crippen LogP contribution in [0.1, 0.15) is 41.8 Å². The highest BCUT2D eigenvalue weighted by Gasteiger charge is 2.17. The smallest absolute Gasteiger partial charge is 0.261 e. The van der Waals surface area contributed by atoms with Gasteiger partial charge in [0.05, 0.1) is 4.88 Å². The van der Waals surface area contributed by atoms with E-state index in [-0.39, 0.29) is 5.91 Å². The van der Waals surface area contributed by atoms with E-state index in [2.05, 4.69) is 17.3 Å². The minimum absolute atomic E-state index is 0.0574. The Labute approximate surface area is 113 Å². The molecule has 1 amide bonds. The number of thiophene rings is 1. The van der Waals surface area contributed by atoms with Crippen LogP contribution >= 0.6 is 11.3 Å². The molecule has 4 heteroatoms. The number of rotatable bonds is 5. The quantitative estimate of drug-likeness (QED) is 0.889. The third kappa shape index (κ3) is 3.82. The summed E-state index contributed by atoms with van der Waals surface area (Å²) in [6.45, 7) is 1.69. The molecule has 1 aromatic rings. The molecule has 1 aromatic heterocycles. The third-order valence-corrected chi connectivity index (χ3v) is 4.56. The highest BCUT2D eigenvalue weighted by Crippen LogP contribution is 2.21. The lowest BCUT2D eigenvalue weighted by molar-refractivity contribution is 0.0948. The number of likely N-dealkylation sites (N-methyl/N-ethyl adjacent to an activating group) is 1. The SMILES string of the molecule is CN(CCNC(=O)c1cccs1)C1CCCCC1. The van der Waals surface area contributed by atoms with E-state index < -0.39 is 0 Å². The van der Waals surface area contributed by atoms with E-state index >= 15 is 0 Å². The van der Waals surface area contributed by atoms with Crippen molar-refractivity contribution in [2.24, 2.45) is 0 Å². The first-order valence-electron chi connectivity index (χ1n) is 6.79. The predicted molar refractivity (Wildman–Crippen MR) is 76.2 cm³/mol. The molecule has 0 spiro atoms. The van der Waals surface area contributed by atoms with E-state index in [4.69, 9.17) is 0 Å². The third-order valence-electron chi connectivity index (χ3n) is 3.69. The van der Waals surface area contributed by atoms with Crippen LogP contribution in [0.2, 0.25) is 0 Å². The lowest BCUT2D eigenvalue weighted by Gasteiger charge is -2.31. The second-order valence-electron chi connectivity index (χ2n) is 5.01. The lowest BCUT2D eigenvalue weighted by Crippen LogP contribution is -2.39. The van der Waals surface area contributed by atoms with Crippen LogP contribution in [0.4, 0.5) is 0 Å². The molecule has 1 saturated carbocycles. The van der Waals surface area contributed by atoms with Gasteiger partial charge in [-0.05, 0) is 31.3 Å². The van der Waals surface area contributed by atoms with Crippen molar-refractivity contribution in [3.8, 4) is 0 Å². The van der Waals surface area contributed by atoms with Crippen LogP contribution in [0.15, 0.2) is 17.5 Å². The van der Waals surface area contributed by atoms with Gasteiger partial charge in [0, 0.05) is 19.1 Å². The zero-order valence-corrected chi connectivity index (χ0v) is 11.8. The summed E-state index contributed by atoms with van der Waals surface area (Å²) >= 11 is 1.49. The maximum atomic E-state index is 11.7. The molecule has 0 atom stereocenters. The zero-order valence-electron chi connectivity index (χ0n) is 11.0. The highest BCUT2D eigenvalue weighted by atomic mass is 32.1. The van der Waals surface area contributed by atoms with E-state index in [9.17, 15) is 4.79 Å². The molecule has 100 valence electrons. The van der Waals surface area contributed by atoms with Gasteiger partial charge in [0.25, 0.3) is 5.91 Å². The lowest BCUT2D eigenvalue weighted by atomic mass is 9.94. The van der Waals surface area contributed by atoms with Gasteiger partial charge >= 0.3 is 0 Å². The van der Waals surface area contributed by atoms with Crippen LogP contribution in [0.25, 0.3) is 0 Å². The van der Waals surface area contributed by atoms with Crippen LogP contribution in [0.3, 0.4) is 0 Å². The molecule has 1 N–H and O–H groups in total. The molecule has 1 fully saturated rings. The van der Waals surface area contributed by atoms with Crippen molar-refractivity contribution in [2.45, 2.75) is 38.1 Å². The highest BCUT2D eigenvalue weighted by molar-refractivity contribution is 7.12. The topological polar surface area (TPSA) is 32.3 Å². The monoisotopic (exact) mass is 266 g/mol. The second-order valence-corrected chi connectivity index (χ2v) is 5.95. The van der Waals surface area contributed by atoms with Gasteiger partial charge in [0.1, 0.15) is 0 Å². The van der Waals surface area contributed by atoms with Crippen LogP contribution < -0.4 is 5.32 Å². The van der Waals surface area contributed by atoms with Gasteiger partial charge in [0.2, 0.25) is 0 Å². The van der Waals surface area contributed by atoms with Crippen molar-refractivity contribution in [1.29, 1.82) is 0 Å². The maximum absolute atomic E-state index is 11.7. The number of nitrogens with zero attached hydrogens (tertiary/aromatic N) is 1. The van der Waals surface area contributed by atoms with E-state index in [1.807, 2.05) is 17.5 Å². The summed E-state index contributed by atoms with van der Waals surface area (Å²) in [6, 6.07) is 4.50. The van der Waals surface area contributed by atoms with Crippen molar-refractivity contribution >= 4 is 17.2 Å². The minimum Gasteiger partial charge on any atom is -0.350 e. The van der Waals surface area contributed by atoms with E-state index in [0.717, 1.165) is 24.0 Å². The first kappa shape index (κ1) is 13.6. The van der Waals surface area contributed by atoms with Crippen molar-refractivity contribution in [1.82, 2.24) is 10.2 Å². The molecule has 0 aliphatic heterocycles. The summed E-state index contributed by atoms with van der Waals surface area (Å²) in [7, 11) is 2.17. The van der Waals surface area contributed by atoms with Gasteiger partial charge in [-0.1, -0.05) is 25.3 Å². The number of hydrogen-bond donors (Lipinski definition) is 1. The van der Waals surface area contributed by atoms with Gasteiger partial charge in [0.15, 0.2) is 0 Å². The maximum Gasteiger partial charge on any atom is 0.261 e. The van der Waals surface area contributed by atoms with Gasteiger partial charge in [-0.2, -0.15) is 0 Å². The summed E-state index contributed by atoms with van der Waals surface area (Å²) < 4.78 is 0. The Morgan fingerprint density at radius 2 is 2.22 bits per heavy atom. The predicted octanol–water partition coefficient (Wildman–Crippen LogP) is 2.74. The summed E-state index contributed by atoms with van der Waals surface area (Å²) in [5.74, 6) is 0.0574. The number of nitrogens with one attached hydrogen (secondary N) is 1. The van der Waals surface area contributed by atoms with Crippen molar-refractivity contribution in [2.75, 3.05) is 20.1 Å². The molecule has 0 saturated heterocycles. The molecule has 1 heterocycles. The number of amides is 1. The van der Waals surface area contributed by atoms with Crippen molar-refractivity contribution < 1.29 is 4.79 Å². The average Bonchev–Trinajstić information content (AvgIpc) is 2.93. The van der Waals surface area contributed by atoms with Crippen LogP contribution in [-0.2, 0) is 0 Å². The van der Waals surface area contributed by atoms with Crippen LogP contribution in [-0.4, -0.2) is 37.0 Å². The number of carbonyl (C=O) groups excluding carboxylic acids is 1. The van der Waals surface area contributed by atoms with Gasteiger partial charge in [-0.15, -0.1) is 11.3 Å². The fraction of sp³-hybridized carbons (Fsp3) is 0.643. The Hall–Kier alpha value is -0.870. The molecule has 0 aromatic carbocycles. The number of hydrogen-bond acceptors (Lipinski definition) is 3. The second kappa shape index (κ2) is 6.90. The normalized spacial score (nSPS) is 17.0. The molecule has 3 nitrogen and oxygen atoms in total. The average molecular weight is 266 g/mol. The van der Waals surface area contributed by atoms with Crippen LogP contribution in [0.5, 0.6) is 0 Å². The fourth-order valence-electron chi connectivity index (χ4n) is 2.55. The molecular weight excluding hydrogens is 244 g/mol. The Morgan fingerprint density at radius 3 is 2.89 bits per heavy atom. The van der Waals surface area contributed by atoms with E-state index in [1.54, 1.807) is 0 Å². The molecule has 1 aliphatic carbocycles. The van der Waals surface area contributed by atoms with E-state index in [0.29, 0.717) is 0 Å². The molecule has 0 radical (unpaired) electrons. The zero-order chi connectivity index (χ0) is 12.8. The Kier molecular flexibility index (Phi) is 5.20. The van der Waals surface area contributed by atoms with E-state index in [1.165, 1.54) is 43.4 Å². The summed E-state index contributed by atoms with van der Waals surface area (Å²) in [4.78, 5) is 14.9. The van der Waals surface area contributed by atoms with Crippen molar-refractivity contribution in [3.63, 3.8) is 0 Å². The molecular formula is C14H22N2OS. The van der Waals surface area contributed by atoms with Crippen molar-refractivity contribution in [3.05, 3.63) is 22.4 Å². The van der Waals surface area contributed by atoms with Gasteiger partial charge in [-0.3, -0.25) is 4.79 Å². The molecule has 2 rings (SSSR count). The first-order valence-corrected chi connectivity index (χ1v) is 7.67. The van der Waals surface area contributed by atoms with Gasteiger partial charge < -0.3 is 10.2 Å². The molecule has 1 aliphatic rings. The Bertz CT molecular complexity index is 358. The first-order chi connectivity index (χ1) is 8.77.